The van der Waals surface area contributed by atoms with Gasteiger partial charge in [-0.15, -0.1) is 0 Å². The van der Waals surface area contributed by atoms with Gasteiger partial charge < -0.3 is 14.8 Å². The molecule has 0 unspecified atom stereocenters. The van der Waals surface area contributed by atoms with E-state index in [1.54, 1.807) is 49.1 Å². The third-order valence-corrected chi connectivity index (χ3v) is 8.34. The fourth-order valence-corrected chi connectivity index (χ4v) is 5.97. The number of nitrogens with zero attached hydrogens (tertiary/aromatic N) is 5. The maximum atomic E-state index is 12.9. The summed E-state index contributed by atoms with van der Waals surface area (Å²) >= 11 is 0. The zero-order valence-corrected chi connectivity index (χ0v) is 25.2. The highest BCUT2D eigenvalue weighted by Crippen LogP contribution is 2.27. The van der Waals surface area contributed by atoms with Crippen molar-refractivity contribution < 1.29 is 19.1 Å². The molecule has 1 aliphatic heterocycles. The molecule has 0 saturated carbocycles. The molecule has 230 valence electrons. The number of rotatable bonds is 10. The first-order valence-corrected chi connectivity index (χ1v) is 15.3. The Labute approximate surface area is 269 Å². The number of imide groups is 1. The van der Waals surface area contributed by atoms with Crippen LogP contribution in [0.25, 0.3) is 43.6 Å². The summed E-state index contributed by atoms with van der Waals surface area (Å²) in [5, 5.41) is 7.31. The number of hydrogen-bond donors (Lipinski definition) is 1. The Bertz CT molecular complexity index is 2170. The molecule has 0 bridgehead atoms. The van der Waals surface area contributed by atoms with Crippen molar-refractivity contribution in [3.05, 3.63) is 121 Å². The molecule has 7 aromatic rings. The highest BCUT2D eigenvalue weighted by Gasteiger charge is 2.34. The zero-order chi connectivity index (χ0) is 31.7. The zero-order valence-electron chi connectivity index (χ0n) is 25.2. The van der Waals surface area contributed by atoms with Gasteiger partial charge in [0.1, 0.15) is 24.7 Å². The van der Waals surface area contributed by atoms with E-state index in [0.29, 0.717) is 29.2 Å². The van der Waals surface area contributed by atoms with E-state index in [0.717, 1.165) is 43.6 Å². The molecule has 2 amide bonds. The fraction of sp³-hybridized carbons (Fsp3) is 0.135. The van der Waals surface area contributed by atoms with E-state index in [1.165, 1.54) is 4.90 Å². The average molecular weight is 621 g/mol. The van der Waals surface area contributed by atoms with Gasteiger partial charge in [0.15, 0.2) is 0 Å². The molecule has 4 aromatic heterocycles. The lowest BCUT2D eigenvalue weighted by molar-refractivity contribution is 0.0652. The topological polar surface area (TPSA) is 119 Å². The molecule has 47 heavy (non-hydrogen) atoms. The van der Waals surface area contributed by atoms with E-state index in [-0.39, 0.29) is 37.6 Å². The third-order valence-electron chi connectivity index (χ3n) is 8.34. The van der Waals surface area contributed by atoms with Crippen molar-refractivity contribution in [3.63, 3.8) is 0 Å². The van der Waals surface area contributed by atoms with Crippen LogP contribution in [0, 0.1) is 0 Å². The second-order valence-corrected chi connectivity index (χ2v) is 11.3. The summed E-state index contributed by atoms with van der Waals surface area (Å²) in [5.41, 5.74) is 4.15. The molecule has 10 nitrogen and oxygen atoms in total. The number of nitrogens with one attached hydrogen (secondary N) is 1. The second kappa shape index (κ2) is 12.1. The van der Waals surface area contributed by atoms with Crippen LogP contribution in [0.1, 0.15) is 20.7 Å². The van der Waals surface area contributed by atoms with Crippen molar-refractivity contribution in [1.82, 2.24) is 30.2 Å². The molecule has 3 aromatic carbocycles. The smallest absolute Gasteiger partial charge is 0.261 e. The molecule has 0 fully saturated rings. The number of hydrogen-bond acceptors (Lipinski definition) is 9. The summed E-state index contributed by atoms with van der Waals surface area (Å²) in [7, 11) is 0. The highest BCUT2D eigenvalue weighted by atomic mass is 16.5. The van der Waals surface area contributed by atoms with Crippen LogP contribution >= 0.6 is 0 Å². The van der Waals surface area contributed by atoms with E-state index >= 15 is 0 Å². The first-order chi connectivity index (χ1) is 23.1. The maximum Gasteiger partial charge on any atom is 0.261 e. The van der Waals surface area contributed by atoms with Gasteiger partial charge in [0.2, 0.25) is 0 Å². The average Bonchev–Trinajstić information content (AvgIpc) is 3.36. The Kier molecular flexibility index (Phi) is 7.31. The predicted octanol–water partition coefficient (Wildman–Crippen LogP) is 5.59. The monoisotopic (exact) mass is 620 g/mol. The van der Waals surface area contributed by atoms with Crippen molar-refractivity contribution in [2.75, 3.05) is 26.3 Å². The molecule has 0 spiro atoms. The van der Waals surface area contributed by atoms with Gasteiger partial charge in [0.25, 0.3) is 11.8 Å². The first kappa shape index (κ1) is 28.5. The maximum absolute atomic E-state index is 12.9. The summed E-state index contributed by atoms with van der Waals surface area (Å²) in [6, 6.07) is 26.4. The molecule has 1 aliphatic rings. The minimum atomic E-state index is -0.298. The van der Waals surface area contributed by atoms with Crippen molar-refractivity contribution in [1.29, 1.82) is 0 Å². The molecule has 0 saturated heterocycles. The van der Waals surface area contributed by atoms with Gasteiger partial charge >= 0.3 is 0 Å². The standard InChI is InChI=1S/C37H28N6O4/c44-36-30-7-1-2-8-31(30)37(45)43(36)16-15-38-27(21-46-28-17-25-11-9-23-5-3-13-39-32(23)34(25)41-19-28)22-47-29-18-26-12-10-24-6-4-14-40-33(24)35(26)42-20-29/h1-14,17-20,27,38H,15-16,21-22H2. The van der Waals surface area contributed by atoms with E-state index in [9.17, 15) is 9.59 Å². The number of ether oxygens (including phenoxy) is 2. The summed E-state index contributed by atoms with van der Waals surface area (Å²) in [6.07, 6.45) is 6.91. The fourth-order valence-electron chi connectivity index (χ4n) is 5.97. The lowest BCUT2D eigenvalue weighted by Gasteiger charge is -2.22. The molecule has 0 atom stereocenters. The van der Waals surface area contributed by atoms with Gasteiger partial charge in [-0.3, -0.25) is 34.4 Å². The molecule has 10 heteroatoms. The third kappa shape index (κ3) is 5.44. The van der Waals surface area contributed by atoms with Gasteiger partial charge in [0.05, 0.1) is 51.6 Å². The van der Waals surface area contributed by atoms with Crippen LogP contribution in [-0.4, -0.2) is 69.0 Å². The van der Waals surface area contributed by atoms with Crippen LogP contribution in [0.5, 0.6) is 11.5 Å². The molecular formula is C37H28N6O4. The Morgan fingerprint density at radius 2 is 1.09 bits per heavy atom. The van der Waals surface area contributed by atoms with Gasteiger partial charge in [-0.05, 0) is 36.4 Å². The van der Waals surface area contributed by atoms with Crippen molar-refractivity contribution in [3.8, 4) is 11.5 Å². The summed E-state index contributed by atoms with van der Waals surface area (Å²) in [6.45, 7) is 1.05. The lowest BCUT2D eigenvalue weighted by atomic mass is 10.1. The van der Waals surface area contributed by atoms with Crippen molar-refractivity contribution in [2.24, 2.45) is 0 Å². The summed E-state index contributed by atoms with van der Waals surface area (Å²) in [4.78, 5) is 45.3. The van der Waals surface area contributed by atoms with Crippen molar-refractivity contribution in [2.45, 2.75) is 6.04 Å². The van der Waals surface area contributed by atoms with Crippen molar-refractivity contribution >= 4 is 55.4 Å². The number of fused-ring (bicyclic) bond motifs is 7. The van der Waals surface area contributed by atoms with Gasteiger partial charge in [-0.25, -0.2) is 0 Å². The number of pyridine rings is 4. The normalized spacial score (nSPS) is 12.9. The number of carbonyl (C=O) groups excluding carboxylic acids is 2. The molecular weight excluding hydrogens is 592 g/mol. The summed E-state index contributed by atoms with van der Waals surface area (Å²) in [5.74, 6) is 0.633. The molecule has 0 aliphatic carbocycles. The summed E-state index contributed by atoms with van der Waals surface area (Å²) < 4.78 is 12.4. The predicted molar refractivity (Wildman–Crippen MR) is 179 cm³/mol. The SMILES string of the molecule is O=C1c2ccccc2C(=O)N1CCNC(COc1cnc2c(ccc3cccnc32)c1)COc1cnc2c(ccc3cccnc32)c1. The largest absolute Gasteiger partial charge is 0.490 e. The molecule has 5 heterocycles. The Morgan fingerprint density at radius 3 is 1.62 bits per heavy atom. The van der Waals surface area contributed by atoms with Gasteiger partial charge in [0, 0.05) is 47.0 Å². The second-order valence-electron chi connectivity index (χ2n) is 11.3. The van der Waals surface area contributed by atoms with E-state index in [2.05, 4.69) is 25.3 Å². The molecule has 8 rings (SSSR count). The number of benzene rings is 3. The lowest BCUT2D eigenvalue weighted by Crippen LogP contribution is -2.44. The van der Waals surface area contributed by atoms with Crippen LogP contribution in [0.4, 0.5) is 0 Å². The Morgan fingerprint density at radius 1 is 0.596 bits per heavy atom. The van der Waals surface area contributed by atoms with E-state index < -0.39 is 0 Å². The minimum Gasteiger partial charge on any atom is -0.490 e. The number of amides is 2. The Hall–Kier alpha value is -6.00. The Balaban J connectivity index is 0.988. The molecule has 1 N–H and O–H groups in total. The first-order valence-electron chi connectivity index (χ1n) is 15.3. The number of carbonyl (C=O) groups is 2. The number of aromatic nitrogens is 4. The van der Waals surface area contributed by atoms with Gasteiger partial charge in [-0.1, -0.05) is 48.5 Å². The highest BCUT2D eigenvalue weighted by molar-refractivity contribution is 6.21. The minimum absolute atomic E-state index is 0.206. The quantitative estimate of drug-likeness (QED) is 0.154. The van der Waals surface area contributed by atoms with Gasteiger partial charge in [-0.2, -0.15) is 0 Å². The van der Waals surface area contributed by atoms with E-state index in [1.807, 2.05) is 60.7 Å². The van der Waals surface area contributed by atoms with Crippen LogP contribution in [-0.2, 0) is 0 Å². The van der Waals surface area contributed by atoms with E-state index in [4.69, 9.17) is 9.47 Å². The van der Waals surface area contributed by atoms with Crippen LogP contribution < -0.4 is 14.8 Å². The van der Waals surface area contributed by atoms with Crippen LogP contribution in [0.3, 0.4) is 0 Å². The van der Waals surface area contributed by atoms with Crippen LogP contribution in [0.15, 0.2) is 110 Å². The molecule has 0 radical (unpaired) electrons. The van der Waals surface area contributed by atoms with Crippen LogP contribution in [0.2, 0.25) is 0 Å².